The maximum Gasteiger partial charge on any atom is 0.224 e. The number of nitrogens with zero attached hydrogens (tertiary/aromatic N) is 1. The van der Waals surface area contributed by atoms with Crippen LogP contribution in [0.25, 0.3) is 10.6 Å². The smallest absolute Gasteiger partial charge is 0.224 e. The lowest BCUT2D eigenvalue weighted by Crippen LogP contribution is -2.32. The predicted octanol–water partition coefficient (Wildman–Crippen LogP) is 3.14. The number of amides is 1. The third-order valence-electron chi connectivity index (χ3n) is 3.72. The van der Waals surface area contributed by atoms with E-state index in [0.29, 0.717) is 12.3 Å². The quantitative estimate of drug-likeness (QED) is 0.912. The Morgan fingerprint density at radius 3 is 2.90 bits per heavy atom. The van der Waals surface area contributed by atoms with Crippen LogP contribution in [-0.2, 0) is 4.79 Å². The van der Waals surface area contributed by atoms with Crippen LogP contribution in [-0.4, -0.2) is 24.0 Å². The molecule has 3 rings (SSSR count). The zero-order valence-corrected chi connectivity index (χ0v) is 12.7. The van der Waals surface area contributed by atoms with Crippen LogP contribution in [0.1, 0.15) is 19.3 Å². The normalized spacial score (nSPS) is 18.4. The summed E-state index contributed by atoms with van der Waals surface area (Å²) in [6.45, 7) is 2.03. The molecule has 2 N–H and O–H groups in total. The Hall–Kier alpha value is -1.72. The highest BCUT2D eigenvalue weighted by atomic mass is 32.1. The summed E-state index contributed by atoms with van der Waals surface area (Å²) in [6.07, 6.45) is 4.71. The van der Waals surface area contributed by atoms with Gasteiger partial charge in [0.15, 0.2) is 0 Å². The second-order valence-corrected chi connectivity index (χ2v) is 6.27. The molecule has 1 aliphatic rings. The summed E-state index contributed by atoms with van der Waals surface area (Å²) in [6, 6.07) is 7.87. The van der Waals surface area contributed by atoms with E-state index in [0.717, 1.165) is 35.8 Å². The molecule has 1 unspecified atom stereocenters. The first-order valence-electron chi connectivity index (χ1n) is 7.32. The van der Waals surface area contributed by atoms with Crippen molar-refractivity contribution in [1.29, 1.82) is 0 Å². The standard InChI is InChI=1S/C16H19N3OS/c20-15(10-12-2-1-7-17-11-12)19-14-5-3-13(4-6-14)16-18-8-9-21-16/h3-6,8-9,12,17H,1-2,7,10-11H2,(H,19,20). The van der Waals surface area contributed by atoms with Crippen molar-refractivity contribution in [2.24, 2.45) is 5.92 Å². The van der Waals surface area contributed by atoms with E-state index in [1.54, 1.807) is 17.5 Å². The Labute approximate surface area is 128 Å². The van der Waals surface area contributed by atoms with Crippen molar-refractivity contribution in [1.82, 2.24) is 10.3 Å². The van der Waals surface area contributed by atoms with Crippen molar-refractivity contribution >= 4 is 22.9 Å². The molecule has 1 aliphatic heterocycles. The molecule has 1 aromatic carbocycles. The van der Waals surface area contributed by atoms with Crippen LogP contribution in [0.15, 0.2) is 35.8 Å². The van der Waals surface area contributed by atoms with Crippen LogP contribution in [0.2, 0.25) is 0 Å². The lowest BCUT2D eigenvalue weighted by Gasteiger charge is -2.22. The fourth-order valence-corrected chi connectivity index (χ4v) is 3.28. The van der Waals surface area contributed by atoms with Gasteiger partial charge in [0.2, 0.25) is 5.91 Å². The van der Waals surface area contributed by atoms with Gasteiger partial charge in [-0.25, -0.2) is 4.98 Å². The number of benzene rings is 1. The molecule has 1 saturated heterocycles. The lowest BCUT2D eigenvalue weighted by molar-refractivity contribution is -0.117. The van der Waals surface area contributed by atoms with E-state index in [1.807, 2.05) is 29.6 Å². The molecule has 0 saturated carbocycles. The van der Waals surface area contributed by atoms with E-state index in [9.17, 15) is 4.79 Å². The number of carbonyl (C=O) groups is 1. The van der Waals surface area contributed by atoms with E-state index < -0.39 is 0 Å². The number of anilines is 1. The fourth-order valence-electron chi connectivity index (χ4n) is 2.63. The first-order chi connectivity index (χ1) is 10.3. The summed E-state index contributed by atoms with van der Waals surface area (Å²) in [4.78, 5) is 16.3. The highest BCUT2D eigenvalue weighted by Crippen LogP contribution is 2.23. The van der Waals surface area contributed by atoms with E-state index in [2.05, 4.69) is 15.6 Å². The van der Waals surface area contributed by atoms with Gasteiger partial charge in [0, 0.05) is 29.2 Å². The fraction of sp³-hybridized carbons (Fsp3) is 0.375. The largest absolute Gasteiger partial charge is 0.326 e. The van der Waals surface area contributed by atoms with Crippen molar-refractivity contribution < 1.29 is 4.79 Å². The summed E-state index contributed by atoms with van der Waals surface area (Å²) >= 11 is 1.61. The summed E-state index contributed by atoms with van der Waals surface area (Å²) in [5.74, 6) is 0.569. The molecule has 2 aromatic rings. The number of rotatable bonds is 4. The number of hydrogen-bond donors (Lipinski definition) is 2. The minimum atomic E-state index is 0.102. The molecular weight excluding hydrogens is 282 g/mol. The summed E-state index contributed by atoms with van der Waals surface area (Å²) in [5, 5.41) is 9.28. The molecule has 0 bridgehead atoms. The van der Waals surface area contributed by atoms with Crippen molar-refractivity contribution in [3.05, 3.63) is 35.8 Å². The maximum absolute atomic E-state index is 12.0. The first-order valence-corrected chi connectivity index (χ1v) is 8.20. The summed E-state index contributed by atoms with van der Waals surface area (Å²) in [7, 11) is 0. The van der Waals surface area contributed by atoms with Crippen LogP contribution in [0.3, 0.4) is 0 Å². The Balaban J connectivity index is 1.56. The van der Waals surface area contributed by atoms with E-state index >= 15 is 0 Å². The van der Waals surface area contributed by atoms with Crippen molar-refractivity contribution in [3.63, 3.8) is 0 Å². The number of aromatic nitrogens is 1. The Morgan fingerprint density at radius 1 is 1.38 bits per heavy atom. The number of thiazole rings is 1. The molecule has 21 heavy (non-hydrogen) atoms. The number of piperidine rings is 1. The molecule has 1 amide bonds. The average molecular weight is 301 g/mol. The van der Waals surface area contributed by atoms with Gasteiger partial charge in [-0.1, -0.05) is 0 Å². The molecule has 2 heterocycles. The first kappa shape index (κ1) is 14.2. The predicted molar refractivity (Wildman–Crippen MR) is 86.4 cm³/mol. The van der Waals surface area contributed by atoms with Crippen LogP contribution in [0.5, 0.6) is 0 Å². The molecular formula is C16H19N3OS. The van der Waals surface area contributed by atoms with E-state index in [4.69, 9.17) is 0 Å². The van der Waals surface area contributed by atoms with Gasteiger partial charge >= 0.3 is 0 Å². The van der Waals surface area contributed by atoms with Crippen molar-refractivity contribution in [2.75, 3.05) is 18.4 Å². The molecule has 5 heteroatoms. The van der Waals surface area contributed by atoms with Crippen LogP contribution in [0.4, 0.5) is 5.69 Å². The monoisotopic (exact) mass is 301 g/mol. The van der Waals surface area contributed by atoms with Crippen LogP contribution in [0, 0.1) is 5.92 Å². The topological polar surface area (TPSA) is 54.0 Å². The highest BCUT2D eigenvalue weighted by molar-refractivity contribution is 7.13. The number of hydrogen-bond acceptors (Lipinski definition) is 4. The minimum Gasteiger partial charge on any atom is -0.326 e. The van der Waals surface area contributed by atoms with Crippen molar-refractivity contribution in [3.8, 4) is 10.6 Å². The van der Waals surface area contributed by atoms with Gasteiger partial charge in [0.1, 0.15) is 5.01 Å². The van der Waals surface area contributed by atoms with Gasteiger partial charge in [-0.3, -0.25) is 4.79 Å². The second-order valence-electron chi connectivity index (χ2n) is 5.38. The van der Waals surface area contributed by atoms with Gasteiger partial charge in [-0.05, 0) is 56.1 Å². The number of carbonyl (C=O) groups excluding carboxylic acids is 1. The molecule has 1 atom stereocenters. The van der Waals surface area contributed by atoms with Gasteiger partial charge < -0.3 is 10.6 Å². The summed E-state index contributed by atoms with van der Waals surface area (Å²) < 4.78 is 0. The average Bonchev–Trinajstić information content (AvgIpc) is 3.03. The van der Waals surface area contributed by atoms with E-state index in [-0.39, 0.29) is 5.91 Å². The molecule has 110 valence electrons. The molecule has 0 radical (unpaired) electrons. The van der Waals surface area contributed by atoms with Crippen LogP contribution < -0.4 is 10.6 Å². The SMILES string of the molecule is O=C(CC1CCCNC1)Nc1ccc(-c2nccs2)cc1. The Bertz CT molecular complexity index is 574. The molecule has 0 aliphatic carbocycles. The third kappa shape index (κ3) is 3.89. The molecule has 4 nitrogen and oxygen atoms in total. The van der Waals surface area contributed by atoms with Gasteiger partial charge in [0.05, 0.1) is 0 Å². The van der Waals surface area contributed by atoms with Crippen LogP contribution >= 0.6 is 11.3 Å². The maximum atomic E-state index is 12.0. The zero-order valence-electron chi connectivity index (χ0n) is 11.8. The zero-order chi connectivity index (χ0) is 14.5. The minimum absolute atomic E-state index is 0.102. The van der Waals surface area contributed by atoms with Gasteiger partial charge in [0.25, 0.3) is 0 Å². The Morgan fingerprint density at radius 2 is 2.24 bits per heavy atom. The second kappa shape index (κ2) is 6.83. The molecule has 0 spiro atoms. The molecule has 1 fully saturated rings. The number of nitrogens with one attached hydrogen (secondary N) is 2. The Kier molecular flexibility index (Phi) is 4.62. The molecule has 1 aromatic heterocycles. The van der Waals surface area contributed by atoms with Gasteiger partial charge in [-0.2, -0.15) is 0 Å². The van der Waals surface area contributed by atoms with Crippen molar-refractivity contribution in [2.45, 2.75) is 19.3 Å². The van der Waals surface area contributed by atoms with Gasteiger partial charge in [-0.15, -0.1) is 11.3 Å². The highest BCUT2D eigenvalue weighted by Gasteiger charge is 2.16. The third-order valence-corrected chi connectivity index (χ3v) is 4.54. The summed E-state index contributed by atoms with van der Waals surface area (Å²) in [5.41, 5.74) is 1.93. The van der Waals surface area contributed by atoms with E-state index in [1.165, 1.54) is 6.42 Å². The lowest BCUT2D eigenvalue weighted by atomic mass is 9.96.